The van der Waals surface area contributed by atoms with E-state index >= 15 is 0 Å². The van der Waals surface area contributed by atoms with Crippen LogP contribution in [0.25, 0.3) is 0 Å². The number of hydrogen-bond acceptors (Lipinski definition) is 6. The number of anilines is 1. The summed E-state index contributed by atoms with van der Waals surface area (Å²) in [6.07, 6.45) is 7.45. The van der Waals surface area contributed by atoms with Crippen LogP contribution in [0.1, 0.15) is 45.4 Å². The zero-order valence-electron chi connectivity index (χ0n) is 13.7. The van der Waals surface area contributed by atoms with Gasteiger partial charge in [-0.2, -0.15) is 0 Å². The van der Waals surface area contributed by atoms with Gasteiger partial charge in [0.05, 0.1) is 10.7 Å². The smallest absolute Gasteiger partial charge is 0.258 e. The maximum absolute atomic E-state index is 12.1. The van der Waals surface area contributed by atoms with E-state index < -0.39 is 0 Å². The average molecular weight is 380 g/mol. The fraction of sp³-hybridized carbons (Fsp3) is 0.444. The Morgan fingerprint density at radius 2 is 1.67 bits per heavy atom. The van der Waals surface area contributed by atoms with Crippen LogP contribution in [0.3, 0.4) is 0 Å². The van der Waals surface area contributed by atoms with Crippen LogP contribution < -0.4 is 4.90 Å². The molecule has 0 spiro atoms. The number of carbonyl (C=O) groups excluding carboxylic acids is 2. The van der Waals surface area contributed by atoms with E-state index in [1.54, 1.807) is 11.8 Å². The van der Waals surface area contributed by atoms with Crippen LogP contribution in [0.2, 0.25) is 0 Å². The zero-order chi connectivity index (χ0) is 16.9. The van der Waals surface area contributed by atoms with Crippen LogP contribution in [-0.2, 0) is 4.79 Å². The van der Waals surface area contributed by atoms with Gasteiger partial charge in [-0.15, -0.1) is 0 Å². The average Bonchev–Trinajstić information content (AvgIpc) is 3.10. The summed E-state index contributed by atoms with van der Waals surface area (Å²) in [6.45, 7) is 3.13. The first kappa shape index (κ1) is 18.0. The second-order valence-corrected chi connectivity index (χ2v) is 9.08. The Kier molecular flexibility index (Phi) is 6.36. The Balaban J connectivity index is 1.73. The lowest BCUT2D eigenvalue weighted by Crippen LogP contribution is -2.20. The van der Waals surface area contributed by atoms with Crippen LogP contribution in [0.5, 0.6) is 0 Å². The van der Waals surface area contributed by atoms with Crippen LogP contribution in [-0.4, -0.2) is 16.1 Å². The maximum Gasteiger partial charge on any atom is 0.258 e. The Bertz CT molecular complexity index is 672. The number of hydrogen-bond donors (Lipinski definition) is 0. The molecule has 6 heteroatoms. The van der Waals surface area contributed by atoms with Crippen molar-refractivity contribution < 1.29 is 9.59 Å². The molecule has 0 saturated carbocycles. The number of para-hydroxylation sites is 1. The van der Waals surface area contributed by atoms with E-state index in [0.717, 1.165) is 47.2 Å². The third-order valence-corrected chi connectivity index (χ3v) is 7.33. The number of unbranched alkanes of at least 4 members (excludes halogenated alkanes) is 5. The second-order valence-electron chi connectivity index (χ2n) is 5.87. The minimum absolute atomic E-state index is 0.103. The van der Waals surface area contributed by atoms with Crippen LogP contribution in [0, 0.1) is 0 Å². The van der Waals surface area contributed by atoms with Crippen molar-refractivity contribution in [3.63, 3.8) is 0 Å². The molecule has 0 aromatic heterocycles. The molecule has 2 heterocycles. The number of carbonyl (C=O) groups is 2. The fourth-order valence-electron chi connectivity index (χ4n) is 2.88. The Morgan fingerprint density at radius 1 is 0.917 bits per heavy atom. The maximum atomic E-state index is 12.1. The van der Waals surface area contributed by atoms with Gasteiger partial charge in [0.25, 0.3) is 4.45 Å². The van der Waals surface area contributed by atoms with E-state index in [9.17, 15) is 9.59 Å². The predicted molar refractivity (Wildman–Crippen MR) is 106 cm³/mol. The van der Waals surface area contributed by atoms with Crippen molar-refractivity contribution in [2.24, 2.45) is 0 Å². The Morgan fingerprint density at radius 3 is 2.42 bits per heavy atom. The van der Waals surface area contributed by atoms with Gasteiger partial charge >= 0.3 is 0 Å². The lowest BCUT2D eigenvalue weighted by molar-refractivity contribution is -0.107. The molecule has 1 aromatic rings. The van der Waals surface area contributed by atoms with Gasteiger partial charge in [0, 0.05) is 23.2 Å². The van der Waals surface area contributed by atoms with Gasteiger partial charge in [0.15, 0.2) is 0 Å². The van der Waals surface area contributed by atoms with E-state index in [-0.39, 0.29) is 9.56 Å². The lowest BCUT2D eigenvalue weighted by Gasteiger charge is -2.21. The highest BCUT2D eigenvalue weighted by molar-refractivity contribution is 8.51. The molecule has 0 unspecified atom stereocenters. The molecule has 0 bridgehead atoms. The highest BCUT2D eigenvalue weighted by Gasteiger charge is 2.36. The molecular formula is C18H21NO2S3. The molecule has 24 heavy (non-hydrogen) atoms. The van der Waals surface area contributed by atoms with E-state index in [1.165, 1.54) is 37.0 Å². The first-order valence-corrected chi connectivity index (χ1v) is 10.9. The summed E-state index contributed by atoms with van der Waals surface area (Å²) in [4.78, 5) is 27.8. The summed E-state index contributed by atoms with van der Waals surface area (Å²) in [6, 6.07) is 8.24. The van der Waals surface area contributed by atoms with Gasteiger partial charge in [-0.25, -0.2) is 0 Å². The minimum Gasteiger partial charge on any atom is -0.334 e. The second kappa shape index (κ2) is 8.50. The lowest BCUT2D eigenvalue weighted by atomic mass is 10.1. The van der Waals surface area contributed by atoms with Crippen LogP contribution in [0.4, 0.5) is 10.5 Å². The van der Waals surface area contributed by atoms with E-state index in [0.29, 0.717) is 4.91 Å². The van der Waals surface area contributed by atoms with Crippen molar-refractivity contribution in [1.82, 2.24) is 0 Å². The highest BCUT2D eigenvalue weighted by atomic mass is 32.2. The summed E-state index contributed by atoms with van der Waals surface area (Å²) < 4.78 is -0.112. The third-order valence-electron chi connectivity index (χ3n) is 4.08. The van der Waals surface area contributed by atoms with Crippen molar-refractivity contribution >= 4 is 50.5 Å². The first-order valence-electron chi connectivity index (χ1n) is 8.43. The summed E-state index contributed by atoms with van der Waals surface area (Å²) in [5.74, 6) is 0. The largest absolute Gasteiger partial charge is 0.334 e. The molecule has 3 nitrogen and oxygen atoms in total. The van der Waals surface area contributed by atoms with Crippen LogP contribution >= 0.6 is 35.3 Å². The van der Waals surface area contributed by atoms with Gasteiger partial charge in [-0.05, 0) is 30.3 Å². The zero-order valence-corrected chi connectivity index (χ0v) is 16.2. The standard InChI is InChI=1S/C18H21NO2S3/c1-2-3-4-5-6-9-12-19-13-10-7-8-11-14(13)22-16(19)15-17(20)24-18(21)23-15/h7-8,10-11H,2-6,9,12H2,1H3. The number of thioether (sulfide) groups is 3. The molecule has 2 aliphatic heterocycles. The summed E-state index contributed by atoms with van der Waals surface area (Å²) >= 11 is 3.53. The van der Waals surface area contributed by atoms with Crippen molar-refractivity contribution in [3.05, 3.63) is 34.2 Å². The van der Waals surface area contributed by atoms with Gasteiger partial charge < -0.3 is 4.90 Å². The molecule has 1 aromatic carbocycles. The van der Waals surface area contributed by atoms with Gasteiger partial charge in [-0.3, -0.25) is 9.59 Å². The molecule has 1 fully saturated rings. The third kappa shape index (κ3) is 4.03. The quantitative estimate of drug-likeness (QED) is 0.411. The topological polar surface area (TPSA) is 37.4 Å². The molecular weight excluding hydrogens is 358 g/mol. The van der Waals surface area contributed by atoms with E-state index in [4.69, 9.17) is 0 Å². The number of nitrogens with zero attached hydrogens (tertiary/aromatic N) is 1. The molecule has 3 rings (SSSR count). The highest BCUT2D eigenvalue weighted by Crippen LogP contribution is 2.52. The summed E-state index contributed by atoms with van der Waals surface area (Å²) in [7, 11) is 0. The first-order chi connectivity index (χ1) is 11.7. The molecule has 0 atom stereocenters. The number of rotatable bonds is 7. The summed E-state index contributed by atoms with van der Waals surface area (Å²) in [5, 5.41) is 0.839. The Labute approximate surface area is 156 Å². The minimum atomic E-state index is -0.112. The van der Waals surface area contributed by atoms with Crippen molar-refractivity contribution in [3.8, 4) is 0 Å². The summed E-state index contributed by atoms with van der Waals surface area (Å²) in [5.41, 5.74) is 1.16. The van der Waals surface area contributed by atoms with Gasteiger partial charge in [0.2, 0.25) is 5.12 Å². The molecule has 128 valence electrons. The van der Waals surface area contributed by atoms with Crippen molar-refractivity contribution in [1.29, 1.82) is 0 Å². The number of fused-ring (bicyclic) bond motifs is 1. The van der Waals surface area contributed by atoms with E-state index in [2.05, 4.69) is 24.0 Å². The number of benzene rings is 1. The van der Waals surface area contributed by atoms with Crippen LogP contribution in [0.15, 0.2) is 39.1 Å². The normalized spacial score (nSPS) is 20.1. The molecule has 2 aliphatic rings. The molecule has 0 amide bonds. The Hall–Kier alpha value is -0.850. The SMILES string of the molecule is CCCCCCCCN1C(=C2SC(=O)SC2=O)Sc2ccccc21. The van der Waals surface area contributed by atoms with Gasteiger partial charge in [-0.1, -0.05) is 62.9 Å². The fourth-order valence-corrected chi connectivity index (χ4v) is 5.99. The predicted octanol–water partition coefficient (Wildman–Crippen LogP) is 6.25. The van der Waals surface area contributed by atoms with Gasteiger partial charge in [0.1, 0.15) is 4.91 Å². The molecule has 0 radical (unpaired) electrons. The van der Waals surface area contributed by atoms with Crippen molar-refractivity contribution in [2.45, 2.75) is 50.3 Å². The molecule has 0 aliphatic carbocycles. The molecule has 0 N–H and O–H groups in total. The monoisotopic (exact) mass is 379 g/mol. The van der Waals surface area contributed by atoms with E-state index in [1.807, 2.05) is 12.1 Å². The van der Waals surface area contributed by atoms with Crippen molar-refractivity contribution in [2.75, 3.05) is 11.4 Å². The molecule has 1 saturated heterocycles.